The van der Waals surface area contributed by atoms with E-state index in [1.54, 1.807) is 0 Å². The van der Waals surface area contributed by atoms with Gasteiger partial charge in [-0.2, -0.15) is 0 Å². The average Bonchev–Trinajstić information content (AvgIpc) is 3.72. The molecule has 0 fully saturated rings. The number of pyridine rings is 1. The first-order chi connectivity index (χ1) is 25.1. The lowest BCUT2D eigenvalue weighted by Gasteiger charge is -2.24. The van der Waals surface area contributed by atoms with Crippen LogP contribution in [-0.4, -0.2) is 14.5 Å². The van der Waals surface area contributed by atoms with E-state index in [2.05, 4.69) is 99.0 Å². The second-order valence-corrected chi connectivity index (χ2v) is 13.6. The van der Waals surface area contributed by atoms with Gasteiger partial charge in [0.2, 0.25) is 5.71 Å². The molecule has 4 heteroatoms. The van der Waals surface area contributed by atoms with Gasteiger partial charge in [-0.1, -0.05) is 119 Å². The summed E-state index contributed by atoms with van der Waals surface area (Å²) in [5.41, 5.74) is 9.61. The molecule has 0 spiro atoms. The first-order valence-corrected chi connectivity index (χ1v) is 17.0. The minimum absolute atomic E-state index is 0.0373. The number of aromatic nitrogens is 3. The maximum Gasteiger partial charge on any atom is 0.228 e. The second kappa shape index (κ2) is 11.2. The topological polar surface area (TPSA) is 43.9 Å². The Hall–Kier alpha value is -5.74. The van der Waals surface area contributed by atoms with Crippen LogP contribution in [0, 0.1) is 6.85 Å². The molecule has 0 N–H and O–H groups in total. The van der Waals surface area contributed by atoms with Crippen molar-refractivity contribution in [2.75, 3.05) is 0 Å². The van der Waals surface area contributed by atoms with E-state index in [-0.39, 0.29) is 17.5 Å². The highest BCUT2D eigenvalue weighted by Crippen LogP contribution is 2.44. The third-order valence-electron chi connectivity index (χ3n) is 9.89. The van der Waals surface area contributed by atoms with Crippen molar-refractivity contribution in [3.05, 3.63) is 138 Å². The summed E-state index contributed by atoms with van der Waals surface area (Å²) in [6.07, 6.45) is 0. The highest BCUT2D eigenvalue weighted by Gasteiger charge is 2.26. The van der Waals surface area contributed by atoms with E-state index in [9.17, 15) is 0 Å². The van der Waals surface area contributed by atoms with Gasteiger partial charge in [-0.3, -0.25) is 4.57 Å². The van der Waals surface area contributed by atoms with E-state index in [1.165, 1.54) is 22.3 Å². The molecule has 6 aromatic carbocycles. The number of nitrogens with zero attached hydrogens (tertiary/aromatic N) is 3. The number of para-hydroxylation sites is 3. The van der Waals surface area contributed by atoms with Gasteiger partial charge < -0.3 is 4.42 Å². The number of furan rings is 1. The van der Waals surface area contributed by atoms with Crippen molar-refractivity contribution >= 4 is 54.6 Å². The minimum Gasteiger partial charge on any atom is -0.437 e. The van der Waals surface area contributed by atoms with Gasteiger partial charge in [0.25, 0.3) is 0 Å². The van der Waals surface area contributed by atoms with Crippen LogP contribution < -0.4 is 0 Å². The number of benzene rings is 6. The number of imidazole rings is 1. The monoisotopic (exact) mass is 638 g/mol. The summed E-state index contributed by atoms with van der Waals surface area (Å²) in [4.78, 5) is 10.1. The zero-order valence-corrected chi connectivity index (χ0v) is 28.0. The molecule has 3 heterocycles. The molecule has 0 aliphatic carbocycles. The van der Waals surface area contributed by atoms with E-state index >= 15 is 0 Å². The lowest BCUT2D eigenvalue weighted by Crippen LogP contribution is -2.09. The largest absolute Gasteiger partial charge is 0.437 e. The molecule has 0 atom stereocenters. The quantitative estimate of drug-likeness (QED) is 0.176. The van der Waals surface area contributed by atoms with Crippen molar-refractivity contribution in [3.8, 4) is 28.2 Å². The van der Waals surface area contributed by atoms with Crippen LogP contribution in [0.3, 0.4) is 0 Å². The Balaban J connectivity index is 1.41. The van der Waals surface area contributed by atoms with Crippen LogP contribution in [0.4, 0.5) is 0 Å². The number of fused-ring (bicyclic) bond motifs is 8. The molecule has 0 radical (unpaired) electrons. The zero-order chi connectivity index (χ0) is 35.9. The fourth-order valence-corrected chi connectivity index (χ4v) is 7.55. The molecule has 238 valence electrons. The number of rotatable bonds is 5. The van der Waals surface area contributed by atoms with Crippen LogP contribution in [0.15, 0.2) is 126 Å². The van der Waals surface area contributed by atoms with E-state index in [4.69, 9.17) is 18.5 Å². The number of hydrogen-bond acceptors (Lipinski definition) is 3. The van der Waals surface area contributed by atoms with Gasteiger partial charge in [0.15, 0.2) is 0 Å². The van der Waals surface area contributed by atoms with Crippen LogP contribution in [0.1, 0.15) is 60.5 Å². The first kappa shape index (κ1) is 26.2. The van der Waals surface area contributed by atoms with Gasteiger partial charge >= 0.3 is 0 Å². The number of aryl methyl sites for hydroxylation is 1. The van der Waals surface area contributed by atoms with E-state index in [0.29, 0.717) is 16.7 Å². The molecule has 0 saturated heterocycles. The molecule has 0 bridgehead atoms. The van der Waals surface area contributed by atoms with Crippen molar-refractivity contribution in [1.29, 1.82) is 0 Å². The Morgan fingerprint density at radius 2 is 1.35 bits per heavy atom. The zero-order valence-electron chi connectivity index (χ0n) is 31.0. The summed E-state index contributed by atoms with van der Waals surface area (Å²) in [5.74, 6) is 1.19. The minimum atomic E-state index is -2.43. The third kappa shape index (κ3) is 4.51. The highest BCUT2D eigenvalue weighted by atomic mass is 16.3. The Labute approximate surface area is 289 Å². The molecule has 49 heavy (non-hydrogen) atoms. The van der Waals surface area contributed by atoms with Gasteiger partial charge in [0.05, 0.1) is 27.7 Å². The molecule has 9 aromatic rings. The fourth-order valence-electron chi connectivity index (χ4n) is 7.55. The molecule has 4 nitrogen and oxygen atoms in total. The number of hydrogen-bond donors (Lipinski definition) is 0. The summed E-state index contributed by atoms with van der Waals surface area (Å²) in [6.45, 7) is 6.57. The molecule has 3 aromatic heterocycles. The van der Waals surface area contributed by atoms with Crippen molar-refractivity contribution in [2.24, 2.45) is 0 Å². The van der Waals surface area contributed by atoms with E-state index in [0.717, 1.165) is 55.0 Å². The van der Waals surface area contributed by atoms with Crippen LogP contribution >= 0.6 is 0 Å². The van der Waals surface area contributed by atoms with Crippen molar-refractivity contribution in [2.45, 2.75) is 46.4 Å². The lowest BCUT2D eigenvalue weighted by molar-refractivity contribution is 0.654. The summed E-state index contributed by atoms with van der Waals surface area (Å²) >= 11 is 0. The average molecular weight is 639 g/mol. The Kier molecular flexibility index (Phi) is 5.98. The maximum atomic E-state index is 8.43. The molecular weight excluding hydrogens is 599 g/mol. The Morgan fingerprint density at radius 1 is 0.633 bits per heavy atom. The standard InChI is InChI=1S/C45H37N3O/c1-26(2)36-24-31(29-14-7-6-8-15-29)25-37(27(3)4)42(36)48-39-21-12-11-20-38(39)47-44(48)35-19-13-18-34-41-40-32(28(5)46-45(41)49-43(34)35)23-22-30-16-9-10-17-33(30)40/h6-27H,1-5H3/i5D3. The van der Waals surface area contributed by atoms with Crippen molar-refractivity contribution in [3.63, 3.8) is 0 Å². The van der Waals surface area contributed by atoms with Crippen molar-refractivity contribution in [1.82, 2.24) is 14.5 Å². The third-order valence-corrected chi connectivity index (χ3v) is 9.89. The summed E-state index contributed by atoms with van der Waals surface area (Å²) < 4.78 is 34.3. The van der Waals surface area contributed by atoms with Crippen LogP contribution in [0.2, 0.25) is 0 Å². The summed E-state index contributed by atoms with van der Waals surface area (Å²) in [5, 5.41) is 5.09. The molecule has 0 saturated carbocycles. The predicted octanol–water partition coefficient (Wildman–Crippen LogP) is 12.5. The molecule has 9 rings (SSSR count). The lowest BCUT2D eigenvalue weighted by atomic mass is 9.88. The Morgan fingerprint density at radius 3 is 2.12 bits per heavy atom. The molecule has 0 aliphatic rings. The molecule has 0 unspecified atom stereocenters. The van der Waals surface area contributed by atoms with Crippen molar-refractivity contribution < 1.29 is 8.53 Å². The molecular formula is C45H37N3O. The summed E-state index contributed by atoms with van der Waals surface area (Å²) in [6, 6.07) is 41.6. The van der Waals surface area contributed by atoms with Gasteiger partial charge in [0, 0.05) is 26.0 Å². The first-order valence-electron chi connectivity index (χ1n) is 18.5. The Bertz CT molecular complexity index is 2820. The van der Waals surface area contributed by atoms with Gasteiger partial charge in [-0.15, -0.1) is 0 Å². The van der Waals surface area contributed by atoms with Crippen LogP contribution in [0.25, 0.3) is 82.8 Å². The van der Waals surface area contributed by atoms with Crippen LogP contribution in [-0.2, 0) is 0 Å². The maximum absolute atomic E-state index is 8.43. The van der Waals surface area contributed by atoms with Crippen LogP contribution in [0.5, 0.6) is 0 Å². The molecule has 0 aliphatic heterocycles. The molecule has 0 amide bonds. The second-order valence-electron chi connectivity index (χ2n) is 13.6. The predicted molar refractivity (Wildman–Crippen MR) is 205 cm³/mol. The highest BCUT2D eigenvalue weighted by molar-refractivity contribution is 6.27. The van der Waals surface area contributed by atoms with Gasteiger partial charge in [-0.25, -0.2) is 9.97 Å². The van der Waals surface area contributed by atoms with E-state index in [1.807, 2.05) is 54.6 Å². The summed E-state index contributed by atoms with van der Waals surface area (Å²) in [7, 11) is 0. The smallest absolute Gasteiger partial charge is 0.228 e. The van der Waals surface area contributed by atoms with Gasteiger partial charge in [0.1, 0.15) is 11.4 Å². The van der Waals surface area contributed by atoms with Gasteiger partial charge in [-0.05, 0) is 82.0 Å². The van der Waals surface area contributed by atoms with E-state index < -0.39 is 6.85 Å². The fraction of sp³-hybridized carbons (Fsp3) is 0.156. The SMILES string of the molecule is [2H]C([2H])([2H])c1nc2oc3c(-c4nc5ccccc5n4-c4c(C(C)C)cc(-c5ccccc5)cc4C(C)C)cccc3c2c2c1ccc1ccccc12. The normalized spacial score (nSPS) is 13.3.